The van der Waals surface area contributed by atoms with Gasteiger partial charge in [-0.15, -0.1) is 0 Å². The first-order chi connectivity index (χ1) is 10.5. The first-order valence-corrected chi connectivity index (χ1v) is 8.52. The third kappa shape index (κ3) is 3.26. The highest BCUT2D eigenvalue weighted by Crippen LogP contribution is 2.25. The van der Waals surface area contributed by atoms with Crippen LogP contribution >= 0.6 is 23.4 Å². The van der Waals surface area contributed by atoms with Gasteiger partial charge in [-0.3, -0.25) is 0 Å². The smallest absolute Gasteiger partial charge is 0.188 e. The molecule has 2 aromatic carbocycles. The molecule has 0 N–H and O–H groups in total. The Morgan fingerprint density at radius 3 is 2.36 bits per heavy atom. The monoisotopic (exact) mass is 328 g/mol. The molecular weight excluding hydrogens is 312 g/mol. The number of aromatic nitrogens is 2. The molecule has 3 aromatic rings. The first-order valence-electron chi connectivity index (χ1n) is 7.16. The summed E-state index contributed by atoms with van der Waals surface area (Å²) in [5, 5.41) is 2.72. The van der Waals surface area contributed by atoms with Crippen molar-refractivity contribution in [2.75, 3.05) is 0 Å². The lowest BCUT2D eigenvalue weighted by atomic mass is 10.1. The number of nitrogens with zero attached hydrogens (tertiary/aromatic N) is 2. The predicted molar refractivity (Wildman–Crippen MR) is 94.8 cm³/mol. The van der Waals surface area contributed by atoms with E-state index in [1.807, 2.05) is 31.2 Å². The standard InChI is InChI=1S/C18H17ClN2S/c1-11-8-16-13(3)20-18(21-17(16)9-12(11)2)22-10-14-4-6-15(19)7-5-14/h4-9H,10H2,1-3H3. The fourth-order valence-electron chi connectivity index (χ4n) is 2.31. The maximum atomic E-state index is 5.91. The van der Waals surface area contributed by atoms with Gasteiger partial charge in [0.25, 0.3) is 0 Å². The van der Waals surface area contributed by atoms with Crippen LogP contribution in [-0.4, -0.2) is 9.97 Å². The molecule has 0 bridgehead atoms. The molecule has 0 saturated heterocycles. The summed E-state index contributed by atoms with van der Waals surface area (Å²) in [5.41, 5.74) is 5.82. The molecule has 2 nitrogen and oxygen atoms in total. The molecule has 22 heavy (non-hydrogen) atoms. The molecule has 0 saturated carbocycles. The van der Waals surface area contributed by atoms with Crippen molar-refractivity contribution in [3.8, 4) is 0 Å². The summed E-state index contributed by atoms with van der Waals surface area (Å²) in [4.78, 5) is 9.33. The lowest BCUT2D eigenvalue weighted by Gasteiger charge is -2.08. The lowest BCUT2D eigenvalue weighted by molar-refractivity contribution is 0.967. The Labute approximate surface area is 139 Å². The fourth-order valence-corrected chi connectivity index (χ4v) is 3.29. The summed E-state index contributed by atoms with van der Waals surface area (Å²) in [7, 11) is 0. The summed E-state index contributed by atoms with van der Waals surface area (Å²) in [5.74, 6) is 0.840. The van der Waals surface area contributed by atoms with Crippen LogP contribution in [0, 0.1) is 20.8 Å². The zero-order valence-corrected chi connectivity index (χ0v) is 14.4. The van der Waals surface area contributed by atoms with Crippen molar-refractivity contribution >= 4 is 34.3 Å². The van der Waals surface area contributed by atoms with Gasteiger partial charge in [-0.25, -0.2) is 9.97 Å². The number of fused-ring (bicyclic) bond motifs is 1. The van der Waals surface area contributed by atoms with E-state index in [2.05, 4.69) is 31.0 Å². The van der Waals surface area contributed by atoms with Gasteiger partial charge in [-0.2, -0.15) is 0 Å². The van der Waals surface area contributed by atoms with E-state index in [0.717, 1.165) is 32.5 Å². The fraction of sp³-hybridized carbons (Fsp3) is 0.222. The number of hydrogen-bond donors (Lipinski definition) is 0. The summed E-state index contributed by atoms with van der Waals surface area (Å²) < 4.78 is 0. The van der Waals surface area contributed by atoms with E-state index in [1.54, 1.807) is 11.8 Å². The second-order valence-electron chi connectivity index (χ2n) is 5.46. The van der Waals surface area contributed by atoms with Crippen LogP contribution in [0.3, 0.4) is 0 Å². The third-order valence-electron chi connectivity index (χ3n) is 3.76. The van der Waals surface area contributed by atoms with Crippen LogP contribution in [-0.2, 0) is 5.75 Å². The predicted octanol–water partition coefficient (Wildman–Crippen LogP) is 5.50. The molecule has 1 aromatic heterocycles. The number of aryl methyl sites for hydroxylation is 3. The van der Waals surface area contributed by atoms with Gasteiger partial charge in [0.1, 0.15) is 0 Å². The first kappa shape index (κ1) is 15.3. The molecule has 0 aliphatic rings. The van der Waals surface area contributed by atoms with Crippen LogP contribution in [0.5, 0.6) is 0 Å². The molecule has 0 radical (unpaired) electrons. The number of benzene rings is 2. The van der Waals surface area contributed by atoms with Crippen LogP contribution in [0.25, 0.3) is 10.9 Å². The highest BCUT2D eigenvalue weighted by molar-refractivity contribution is 7.98. The van der Waals surface area contributed by atoms with Gasteiger partial charge < -0.3 is 0 Å². The topological polar surface area (TPSA) is 25.8 Å². The molecule has 0 amide bonds. The summed E-state index contributed by atoms with van der Waals surface area (Å²) in [6.45, 7) is 6.29. The Hall–Kier alpha value is -1.58. The maximum absolute atomic E-state index is 5.91. The number of rotatable bonds is 3. The van der Waals surface area contributed by atoms with Crippen molar-refractivity contribution in [2.45, 2.75) is 31.7 Å². The van der Waals surface area contributed by atoms with E-state index in [1.165, 1.54) is 16.7 Å². The zero-order chi connectivity index (χ0) is 15.7. The van der Waals surface area contributed by atoms with Crippen molar-refractivity contribution in [3.63, 3.8) is 0 Å². The average molecular weight is 329 g/mol. The second-order valence-corrected chi connectivity index (χ2v) is 6.84. The van der Waals surface area contributed by atoms with Crippen molar-refractivity contribution < 1.29 is 0 Å². The van der Waals surface area contributed by atoms with E-state index in [4.69, 9.17) is 16.6 Å². The molecule has 0 aliphatic heterocycles. The third-order valence-corrected chi connectivity index (χ3v) is 4.93. The van der Waals surface area contributed by atoms with Gasteiger partial charge >= 0.3 is 0 Å². The molecule has 0 spiro atoms. The Morgan fingerprint density at radius 1 is 0.955 bits per heavy atom. The minimum Gasteiger partial charge on any atom is -0.227 e. The number of thioether (sulfide) groups is 1. The Morgan fingerprint density at radius 2 is 1.64 bits per heavy atom. The van der Waals surface area contributed by atoms with Gasteiger partial charge in [-0.1, -0.05) is 35.5 Å². The highest BCUT2D eigenvalue weighted by Gasteiger charge is 2.07. The summed E-state index contributed by atoms with van der Waals surface area (Å²) in [6, 6.07) is 12.2. The Balaban J connectivity index is 1.88. The van der Waals surface area contributed by atoms with Gasteiger partial charge in [0.15, 0.2) is 5.16 Å². The molecule has 3 rings (SSSR count). The molecule has 1 heterocycles. The van der Waals surface area contributed by atoms with Crippen molar-refractivity contribution in [1.29, 1.82) is 0 Å². The second kappa shape index (κ2) is 6.27. The number of halogens is 1. The maximum Gasteiger partial charge on any atom is 0.188 e. The Kier molecular flexibility index (Phi) is 4.37. The van der Waals surface area contributed by atoms with Crippen molar-refractivity contribution in [1.82, 2.24) is 9.97 Å². The summed E-state index contributed by atoms with van der Waals surface area (Å²) >= 11 is 7.56. The van der Waals surface area contributed by atoms with E-state index in [9.17, 15) is 0 Å². The van der Waals surface area contributed by atoms with Gasteiger partial charge in [-0.05, 0) is 61.7 Å². The van der Waals surface area contributed by atoms with Gasteiger partial charge in [0.05, 0.1) is 5.52 Å². The molecule has 4 heteroatoms. The highest BCUT2D eigenvalue weighted by atomic mass is 35.5. The quantitative estimate of drug-likeness (QED) is 0.469. The van der Waals surface area contributed by atoms with Crippen LogP contribution in [0.1, 0.15) is 22.4 Å². The molecule has 0 unspecified atom stereocenters. The number of hydrogen-bond acceptors (Lipinski definition) is 3. The zero-order valence-electron chi connectivity index (χ0n) is 12.9. The molecule has 112 valence electrons. The average Bonchev–Trinajstić information content (AvgIpc) is 2.49. The van der Waals surface area contributed by atoms with Crippen molar-refractivity contribution in [3.05, 3.63) is 63.8 Å². The minimum absolute atomic E-state index is 0.761. The van der Waals surface area contributed by atoms with Crippen LogP contribution < -0.4 is 0 Å². The normalized spacial score (nSPS) is 11.1. The molecule has 0 atom stereocenters. The van der Waals surface area contributed by atoms with Crippen LogP contribution in [0.2, 0.25) is 5.02 Å². The van der Waals surface area contributed by atoms with Gasteiger partial charge in [0.2, 0.25) is 0 Å². The minimum atomic E-state index is 0.761. The van der Waals surface area contributed by atoms with Crippen LogP contribution in [0.15, 0.2) is 41.6 Å². The largest absolute Gasteiger partial charge is 0.227 e. The van der Waals surface area contributed by atoms with E-state index < -0.39 is 0 Å². The molecular formula is C18H17ClN2S. The Bertz CT molecular complexity index is 829. The van der Waals surface area contributed by atoms with Gasteiger partial charge in [0, 0.05) is 21.9 Å². The van der Waals surface area contributed by atoms with Crippen molar-refractivity contribution in [2.24, 2.45) is 0 Å². The molecule has 0 aliphatic carbocycles. The van der Waals surface area contributed by atoms with E-state index in [-0.39, 0.29) is 0 Å². The SMILES string of the molecule is Cc1cc2nc(SCc3ccc(Cl)cc3)nc(C)c2cc1C. The van der Waals surface area contributed by atoms with E-state index in [0.29, 0.717) is 0 Å². The summed E-state index contributed by atoms with van der Waals surface area (Å²) in [6.07, 6.45) is 0. The van der Waals surface area contributed by atoms with E-state index >= 15 is 0 Å². The lowest BCUT2D eigenvalue weighted by Crippen LogP contribution is -1.95. The van der Waals surface area contributed by atoms with Crippen LogP contribution in [0.4, 0.5) is 0 Å². The molecule has 0 fully saturated rings.